The normalized spacial score (nSPS) is 12.2. The first kappa shape index (κ1) is 19.9. The van der Waals surface area contributed by atoms with Crippen LogP contribution in [0.25, 0.3) is 11.4 Å². The van der Waals surface area contributed by atoms with Crippen LogP contribution in [0, 0.1) is 0 Å². The minimum Gasteiger partial charge on any atom is -0.460 e. The van der Waals surface area contributed by atoms with E-state index in [0.717, 1.165) is 12.0 Å². The lowest BCUT2D eigenvalue weighted by Crippen LogP contribution is -2.15. The number of fused-ring (bicyclic) bond motifs is 1. The van der Waals surface area contributed by atoms with Crippen molar-refractivity contribution in [1.29, 1.82) is 0 Å². The van der Waals surface area contributed by atoms with E-state index in [2.05, 4.69) is 17.0 Å². The number of rotatable bonds is 8. The van der Waals surface area contributed by atoms with Crippen molar-refractivity contribution in [2.45, 2.75) is 20.3 Å². The molecule has 1 aliphatic rings. The predicted molar refractivity (Wildman–Crippen MR) is 109 cm³/mol. The van der Waals surface area contributed by atoms with Gasteiger partial charge in [-0.1, -0.05) is 19.1 Å². The van der Waals surface area contributed by atoms with Gasteiger partial charge in [-0.2, -0.15) is 9.67 Å². The minimum absolute atomic E-state index is 0.112. The van der Waals surface area contributed by atoms with Crippen molar-refractivity contribution in [3.63, 3.8) is 0 Å². The molecule has 0 bridgehead atoms. The molecule has 2 heterocycles. The second kappa shape index (κ2) is 8.96. The molecule has 0 radical (unpaired) electrons. The fourth-order valence-corrected chi connectivity index (χ4v) is 3.06. The summed E-state index contributed by atoms with van der Waals surface area (Å²) < 4.78 is 23.0. The van der Waals surface area contributed by atoms with Gasteiger partial charge < -0.3 is 18.9 Å². The van der Waals surface area contributed by atoms with Crippen molar-refractivity contribution in [2.75, 3.05) is 26.6 Å². The van der Waals surface area contributed by atoms with E-state index in [4.69, 9.17) is 18.9 Å². The zero-order valence-corrected chi connectivity index (χ0v) is 17.0. The smallest absolute Gasteiger partial charge is 0.336 e. The van der Waals surface area contributed by atoms with Crippen molar-refractivity contribution in [1.82, 2.24) is 14.8 Å². The van der Waals surface area contributed by atoms with E-state index in [0.29, 0.717) is 41.7 Å². The third-order valence-corrected chi connectivity index (χ3v) is 4.68. The Balaban J connectivity index is 1.67. The number of benzene rings is 2. The molecule has 0 atom stereocenters. The molecule has 2 aromatic carbocycles. The van der Waals surface area contributed by atoms with Gasteiger partial charge in [0.1, 0.15) is 6.61 Å². The van der Waals surface area contributed by atoms with Crippen molar-refractivity contribution in [3.05, 3.63) is 53.6 Å². The maximum atomic E-state index is 13.2. The van der Waals surface area contributed by atoms with Crippen LogP contribution in [0.15, 0.2) is 42.5 Å². The second-order valence-electron chi connectivity index (χ2n) is 6.60. The summed E-state index contributed by atoms with van der Waals surface area (Å²) >= 11 is 0. The highest BCUT2D eigenvalue weighted by Gasteiger charge is 2.22. The Hall–Kier alpha value is -3.39. The second-order valence-corrected chi connectivity index (χ2v) is 6.60. The summed E-state index contributed by atoms with van der Waals surface area (Å²) in [6.07, 6.45) is 0.901. The first-order valence-electron chi connectivity index (χ1n) is 9.91. The molecule has 0 spiro atoms. The van der Waals surface area contributed by atoms with E-state index < -0.39 is 0 Å². The van der Waals surface area contributed by atoms with E-state index in [1.807, 2.05) is 25.1 Å². The maximum absolute atomic E-state index is 13.2. The van der Waals surface area contributed by atoms with Crippen molar-refractivity contribution < 1.29 is 23.7 Å². The fraction of sp³-hybridized carbons (Fsp3) is 0.318. The van der Waals surface area contributed by atoms with Crippen LogP contribution in [0.4, 0.5) is 0 Å². The van der Waals surface area contributed by atoms with E-state index in [-0.39, 0.29) is 25.3 Å². The lowest BCUT2D eigenvalue weighted by Gasteiger charge is -2.06. The summed E-state index contributed by atoms with van der Waals surface area (Å²) in [7, 11) is 0. The highest BCUT2D eigenvalue weighted by molar-refractivity contribution is 5.97. The fourth-order valence-electron chi connectivity index (χ4n) is 3.06. The van der Waals surface area contributed by atoms with Gasteiger partial charge in [-0.3, -0.25) is 4.79 Å². The van der Waals surface area contributed by atoms with Gasteiger partial charge in [0.25, 0.3) is 5.91 Å². The first-order valence-corrected chi connectivity index (χ1v) is 9.91. The zero-order valence-electron chi connectivity index (χ0n) is 17.0. The van der Waals surface area contributed by atoms with Crippen molar-refractivity contribution in [2.24, 2.45) is 0 Å². The lowest BCUT2D eigenvalue weighted by molar-refractivity contribution is 0.0938. The van der Waals surface area contributed by atoms with Crippen LogP contribution in [-0.2, 0) is 11.2 Å². The van der Waals surface area contributed by atoms with E-state index in [1.165, 1.54) is 4.68 Å². The van der Waals surface area contributed by atoms with Crippen LogP contribution in [-0.4, -0.2) is 47.3 Å². The molecule has 0 aliphatic carbocycles. The zero-order chi connectivity index (χ0) is 20.9. The van der Waals surface area contributed by atoms with Gasteiger partial charge in [-0.05, 0) is 49.2 Å². The van der Waals surface area contributed by atoms with E-state index in [9.17, 15) is 4.79 Å². The Morgan fingerprint density at radius 1 is 1.07 bits per heavy atom. The summed E-state index contributed by atoms with van der Waals surface area (Å²) in [4.78, 5) is 17.6. The highest BCUT2D eigenvalue weighted by Crippen LogP contribution is 2.35. The van der Waals surface area contributed by atoms with Crippen molar-refractivity contribution >= 4 is 5.91 Å². The molecule has 0 unspecified atom stereocenters. The molecule has 0 N–H and O–H groups in total. The van der Waals surface area contributed by atoms with E-state index in [1.54, 1.807) is 24.3 Å². The van der Waals surface area contributed by atoms with Gasteiger partial charge in [-0.25, -0.2) is 0 Å². The summed E-state index contributed by atoms with van der Waals surface area (Å²) in [6.45, 7) is 5.44. The quantitative estimate of drug-likeness (QED) is 0.528. The molecule has 30 heavy (non-hydrogen) atoms. The third kappa shape index (κ3) is 4.13. The standard InChI is InChI=1S/C22H23N3O5/c1-3-15-5-7-16(8-6-15)21(26)25-20(23-22(24-25)28-12-11-27-4-2)17-9-10-18-19(13-17)30-14-29-18/h5-10,13H,3-4,11-12,14H2,1-2H3. The van der Waals surface area contributed by atoms with Gasteiger partial charge in [-0.15, -0.1) is 5.10 Å². The number of hydrogen-bond donors (Lipinski definition) is 0. The lowest BCUT2D eigenvalue weighted by atomic mass is 10.1. The van der Waals surface area contributed by atoms with Gasteiger partial charge in [0, 0.05) is 17.7 Å². The Morgan fingerprint density at radius 2 is 1.87 bits per heavy atom. The number of nitrogens with zero attached hydrogens (tertiary/aromatic N) is 3. The molecule has 0 fully saturated rings. The Labute approximate surface area is 174 Å². The largest absolute Gasteiger partial charge is 0.460 e. The molecule has 8 heteroatoms. The average molecular weight is 409 g/mol. The molecule has 0 saturated heterocycles. The molecule has 156 valence electrons. The summed E-state index contributed by atoms with van der Waals surface area (Å²) in [6, 6.07) is 12.9. The average Bonchev–Trinajstić information content (AvgIpc) is 3.43. The summed E-state index contributed by atoms with van der Waals surface area (Å²) in [5.41, 5.74) is 2.34. The van der Waals surface area contributed by atoms with Gasteiger partial charge in [0.15, 0.2) is 17.3 Å². The van der Waals surface area contributed by atoms with Gasteiger partial charge in [0.05, 0.1) is 6.61 Å². The molecule has 0 saturated carbocycles. The summed E-state index contributed by atoms with van der Waals surface area (Å²) in [5.74, 6) is 1.32. The van der Waals surface area contributed by atoms with Crippen LogP contribution in [0.3, 0.4) is 0 Å². The van der Waals surface area contributed by atoms with E-state index >= 15 is 0 Å². The minimum atomic E-state index is -0.294. The molecule has 1 aliphatic heterocycles. The van der Waals surface area contributed by atoms with Crippen LogP contribution >= 0.6 is 0 Å². The first-order chi connectivity index (χ1) is 14.7. The van der Waals surface area contributed by atoms with Crippen LogP contribution < -0.4 is 14.2 Å². The Kier molecular flexibility index (Phi) is 5.94. The molecular formula is C22H23N3O5. The van der Waals surface area contributed by atoms with Crippen LogP contribution in [0.2, 0.25) is 0 Å². The number of carbonyl (C=O) groups is 1. The number of aryl methyl sites for hydroxylation is 1. The monoisotopic (exact) mass is 409 g/mol. The van der Waals surface area contributed by atoms with Gasteiger partial charge in [0.2, 0.25) is 6.79 Å². The third-order valence-electron chi connectivity index (χ3n) is 4.68. The Bertz CT molecular complexity index is 1030. The molecule has 1 aromatic heterocycles. The van der Waals surface area contributed by atoms with Gasteiger partial charge >= 0.3 is 6.01 Å². The predicted octanol–water partition coefficient (Wildman–Crippen LogP) is 3.34. The molecule has 4 rings (SSSR count). The molecule has 8 nitrogen and oxygen atoms in total. The maximum Gasteiger partial charge on any atom is 0.336 e. The Morgan fingerprint density at radius 3 is 2.63 bits per heavy atom. The molecule has 0 amide bonds. The number of carbonyl (C=O) groups excluding carboxylic acids is 1. The molecular weight excluding hydrogens is 386 g/mol. The summed E-state index contributed by atoms with van der Waals surface area (Å²) in [5, 5.41) is 4.30. The highest BCUT2D eigenvalue weighted by atomic mass is 16.7. The van der Waals surface area contributed by atoms with Crippen LogP contribution in [0.1, 0.15) is 29.8 Å². The number of hydrogen-bond acceptors (Lipinski definition) is 7. The topological polar surface area (TPSA) is 84.7 Å². The SMILES string of the molecule is CCOCCOc1nc(-c2ccc3c(c2)OCO3)n(C(=O)c2ccc(CC)cc2)n1. The molecule has 3 aromatic rings. The number of ether oxygens (including phenoxy) is 4. The van der Waals surface area contributed by atoms with Crippen LogP contribution in [0.5, 0.6) is 17.5 Å². The number of aromatic nitrogens is 3. The van der Waals surface area contributed by atoms with Crippen molar-refractivity contribution in [3.8, 4) is 28.9 Å².